The zero-order valence-electron chi connectivity index (χ0n) is 12.2. The SMILES string of the molecule is COCCNC(=O)C(C)NCC1CCCCC1CO. The first-order valence-electron chi connectivity index (χ1n) is 7.30. The molecule has 1 amide bonds. The molecule has 0 spiro atoms. The topological polar surface area (TPSA) is 70.6 Å². The average Bonchev–Trinajstić information content (AvgIpc) is 2.45. The van der Waals surface area contributed by atoms with Gasteiger partial charge in [0.15, 0.2) is 0 Å². The first-order valence-corrected chi connectivity index (χ1v) is 7.30. The van der Waals surface area contributed by atoms with E-state index in [4.69, 9.17) is 4.74 Å². The molecule has 5 nitrogen and oxygen atoms in total. The largest absolute Gasteiger partial charge is 0.396 e. The van der Waals surface area contributed by atoms with E-state index in [1.807, 2.05) is 6.92 Å². The van der Waals surface area contributed by atoms with E-state index in [0.29, 0.717) is 25.0 Å². The Morgan fingerprint density at radius 3 is 2.68 bits per heavy atom. The minimum Gasteiger partial charge on any atom is -0.396 e. The van der Waals surface area contributed by atoms with Crippen molar-refractivity contribution in [3.8, 4) is 0 Å². The number of nitrogens with one attached hydrogen (secondary N) is 2. The predicted molar refractivity (Wildman–Crippen MR) is 74.9 cm³/mol. The Labute approximate surface area is 116 Å². The molecule has 0 saturated heterocycles. The molecule has 3 atom stereocenters. The summed E-state index contributed by atoms with van der Waals surface area (Å²) in [7, 11) is 1.62. The molecule has 0 aromatic carbocycles. The summed E-state index contributed by atoms with van der Waals surface area (Å²) in [6.07, 6.45) is 4.71. The molecule has 0 radical (unpaired) electrons. The molecule has 3 N–H and O–H groups in total. The molecule has 5 heteroatoms. The summed E-state index contributed by atoms with van der Waals surface area (Å²) in [6, 6.07) is -0.196. The molecule has 1 aliphatic rings. The van der Waals surface area contributed by atoms with Gasteiger partial charge in [0.1, 0.15) is 0 Å². The van der Waals surface area contributed by atoms with E-state index in [2.05, 4.69) is 10.6 Å². The van der Waals surface area contributed by atoms with Gasteiger partial charge in [-0.1, -0.05) is 12.8 Å². The van der Waals surface area contributed by atoms with Crippen molar-refractivity contribution < 1.29 is 14.6 Å². The Bertz CT molecular complexity index is 261. The summed E-state index contributed by atoms with van der Waals surface area (Å²) in [4.78, 5) is 11.8. The second-order valence-corrected chi connectivity index (χ2v) is 5.40. The van der Waals surface area contributed by atoms with Crippen LogP contribution >= 0.6 is 0 Å². The number of amides is 1. The molecule has 3 unspecified atom stereocenters. The lowest BCUT2D eigenvalue weighted by Crippen LogP contribution is -2.45. The molecule has 1 saturated carbocycles. The van der Waals surface area contributed by atoms with Crippen molar-refractivity contribution in [3.63, 3.8) is 0 Å². The van der Waals surface area contributed by atoms with E-state index in [-0.39, 0.29) is 18.6 Å². The summed E-state index contributed by atoms with van der Waals surface area (Å²) in [6.45, 7) is 4.03. The molecule has 1 fully saturated rings. The molecule has 0 bridgehead atoms. The highest BCUT2D eigenvalue weighted by molar-refractivity contribution is 5.81. The van der Waals surface area contributed by atoms with Crippen molar-refractivity contribution >= 4 is 5.91 Å². The van der Waals surface area contributed by atoms with Crippen LogP contribution in [0.4, 0.5) is 0 Å². The molecule has 0 aliphatic heterocycles. The van der Waals surface area contributed by atoms with Gasteiger partial charge in [0.05, 0.1) is 12.6 Å². The van der Waals surface area contributed by atoms with Crippen LogP contribution in [0.5, 0.6) is 0 Å². The van der Waals surface area contributed by atoms with Crippen LogP contribution in [0.25, 0.3) is 0 Å². The number of hydrogen-bond acceptors (Lipinski definition) is 4. The molecular weight excluding hydrogens is 244 g/mol. The van der Waals surface area contributed by atoms with E-state index in [0.717, 1.165) is 19.4 Å². The number of ether oxygens (including phenoxy) is 1. The van der Waals surface area contributed by atoms with Gasteiger partial charge in [-0.05, 0) is 38.1 Å². The van der Waals surface area contributed by atoms with Crippen molar-refractivity contribution in [3.05, 3.63) is 0 Å². The third-order valence-electron chi connectivity index (χ3n) is 3.99. The number of carbonyl (C=O) groups is 1. The summed E-state index contributed by atoms with van der Waals surface area (Å²) in [5.74, 6) is 0.895. The number of methoxy groups -OCH3 is 1. The Balaban J connectivity index is 2.24. The van der Waals surface area contributed by atoms with Crippen LogP contribution in [0.15, 0.2) is 0 Å². The van der Waals surface area contributed by atoms with Crippen molar-refractivity contribution in [2.45, 2.75) is 38.6 Å². The Kier molecular flexibility index (Phi) is 8.02. The molecule has 0 aromatic heterocycles. The van der Waals surface area contributed by atoms with Gasteiger partial charge in [0.25, 0.3) is 0 Å². The van der Waals surface area contributed by atoms with Crippen LogP contribution in [0.3, 0.4) is 0 Å². The van der Waals surface area contributed by atoms with Crippen LogP contribution in [-0.2, 0) is 9.53 Å². The second kappa shape index (κ2) is 9.28. The molecule has 1 aliphatic carbocycles. The van der Waals surface area contributed by atoms with Gasteiger partial charge in [0.2, 0.25) is 5.91 Å². The number of hydrogen-bond donors (Lipinski definition) is 3. The molecular formula is C14H28N2O3. The molecule has 19 heavy (non-hydrogen) atoms. The van der Waals surface area contributed by atoms with Crippen molar-refractivity contribution in [1.29, 1.82) is 0 Å². The maximum Gasteiger partial charge on any atom is 0.236 e. The number of aliphatic hydroxyl groups excluding tert-OH is 1. The number of rotatable bonds is 8. The third-order valence-corrected chi connectivity index (χ3v) is 3.99. The fraction of sp³-hybridized carbons (Fsp3) is 0.929. The zero-order valence-corrected chi connectivity index (χ0v) is 12.2. The Hall–Kier alpha value is -0.650. The van der Waals surface area contributed by atoms with Crippen molar-refractivity contribution in [2.75, 3.05) is 33.4 Å². The van der Waals surface area contributed by atoms with Gasteiger partial charge >= 0.3 is 0 Å². The first kappa shape index (κ1) is 16.4. The lowest BCUT2D eigenvalue weighted by molar-refractivity contribution is -0.123. The molecule has 112 valence electrons. The highest BCUT2D eigenvalue weighted by Crippen LogP contribution is 2.29. The standard InChI is InChI=1S/C14H28N2O3/c1-11(14(18)15-7-8-19-2)16-9-12-5-3-4-6-13(12)10-17/h11-13,16-17H,3-10H2,1-2H3,(H,15,18). The third kappa shape index (κ3) is 5.89. The first-order chi connectivity index (χ1) is 9.19. The Morgan fingerprint density at radius 1 is 1.37 bits per heavy atom. The minimum absolute atomic E-state index is 0.00779. The lowest BCUT2D eigenvalue weighted by atomic mass is 9.79. The minimum atomic E-state index is -0.196. The van der Waals surface area contributed by atoms with Gasteiger partial charge in [-0.2, -0.15) is 0 Å². The monoisotopic (exact) mass is 272 g/mol. The molecule has 0 heterocycles. The quantitative estimate of drug-likeness (QED) is 0.564. The fourth-order valence-electron chi connectivity index (χ4n) is 2.64. The van der Waals surface area contributed by atoms with E-state index < -0.39 is 0 Å². The summed E-state index contributed by atoms with van der Waals surface area (Å²) in [5.41, 5.74) is 0. The molecule has 0 aromatic rings. The van der Waals surface area contributed by atoms with Crippen molar-refractivity contribution in [1.82, 2.24) is 10.6 Å². The maximum absolute atomic E-state index is 11.8. The van der Waals surface area contributed by atoms with Gasteiger partial charge in [-0.3, -0.25) is 4.79 Å². The van der Waals surface area contributed by atoms with E-state index in [1.165, 1.54) is 12.8 Å². The summed E-state index contributed by atoms with van der Waals surface area (Å²) < 4.78 is 4.89. The molecule has 1 rings (SSSR count). The maximum atomic E-state index is 11.8. The van der Waals surface area contributed by atoms with Gasteiger partial charge in [-0.15, -0.1) is 0 Å². The average molecular weight is 272 g/mol. The number of carbonyl (C=O) groups excluding carboxylic acids is 1. The summed E-state index contributed by atoms with van der Waals surface area (Å²) in [5, 5.41) is 15.5. The van der Waals surface area contributed by atoms with Crippen LogP contribution < -0.4 is 10.6 Å². The van der Waals surface area contributed by atoms with E-state index in [9.17, 15) is 9.90 Å². The van der Waals surface area contributed by atoms with Crippen LogP contribution in [0, 0.1) is 11.8 Å². The normalized spacial score (nSPS) is 25.0. The van der Waals surface area contributed by atoms with E-state index in [1.54, 1.807) is 7.11 Å². The van der Waals surface area contributed by atoms with Gasteiger partial charge in [0, 0.05) is 20.3 Å². The smallest absolute Gasteiger partial charge is 0.236 e. The van der Waals surface area contributed by atoms with Crippen LogP contribution in [-0.4, -0.2) is 50.5 Å². The Morgan fingerprint density at radius 2 is 2.05 bits per heavy atom. The van der Waals surface area contributed by atoms with Gasteiger partial charge < -0.3 is 20.5 Å². The highest BCUT2D eigenvalue weighted by Gasteiger charge is 2.25. The van der Waals surface area contributed by atoms with Crippen LogP contribution in [0.2, 0.25) is 0 Å². The number of aliphatic hydroxyl groups is 1. The van der Waals surface area contributed by atoms with Gasteiger partial charge in [-0.25, -0.2) is 0 Å². The predicted octanol–water partition coefficient (Wildman–Crippen LogP) is 0.526. The van der Waals surface area contributed by atoms with Crippen molar-refractivity contribution in [2.24, 2.45) is 11.8 Å². The van der Waals surface area contributed by atoms with E-state index >= 15 is 0 Å². The lowest BCUT2D eigenvalue weighted by Gasteiger charge is -2.31. The van der Waals surface area contributed by atoms with Crippen LogP contribution in [0.1, 0.15) is 32.6 Å². The highest BCUT2D eigenvalue weighted by atomic mass is 16.5. The second-order valence-electron chi connectivity index (χ2n) is 5.40. The summed E-state index contributed by atoms with van der Waals surface area (Å²) >= 11 is 0. The zero-order chi connectivity index (χ0) is 14.1. The fourth-order valence-corrected chi connectivity index (χ4v) is 2.64.